The second-order valence-corrected chi connectivity index (χ2v) is 5.38. The number of hydrogen-bond donors (Lipinski definition) is 0. The number of non-ortho nitro benzene ring substituents is 1. The van der Waals surface area contributed by atoms with Crippen molar-refractivity contribution in [1.82, 2.24) is 9.80 Å². The summed E-state index contributed by atoms with van der Waals surface area (Å²) in [5.74, 6) is 0. The summed E-state index contributed by atoms with van der Waals surface area (Å²) in [5.41, 5.74) is 1.19. The molecule has 0 amide bonds. The van der Waals surface area contributed by atoms with Gasteiger partial charge in [0, 0.05) is 24.7 Å². The molecule has 0 saturated carbocycles. The Hall–Kier alpha value is -1.46. The molecule has 0 aliphatic carbocycles. The van der Waals surface area contributed by atoms with Gasteiger partial charge >= 0.3 is 0 Å². The van der Waals surface area contributed by atoms with Crippen molar-refractivity contribution >= 4 is 5.69 Å². The summed E-state index contributed by atoms with van der Waals surface area (Å²) in [4.78, 5) is 15.1. The SMILES string of the molecule is CN1CCC(N(C)Cc2cccc([N+](=O)[O-])c2)CC1. The molecule has 0 atom stereocenters. The molecular formula is C14H21N3O2. The van der Waals surface area contributed by atoms with Gasteiger partial charge in [0.15, 0.2) is 0 Å². The number of nitro benzene ring substituents is 1. The van der Waals surface area contributed by atoms with E-state index in [1.807, 2.05) is 6.07 Å². The van der Waals surface area contributed by atoms with E-state index in [4.69, 9.17) is 0 Å². The Balaban J connectivity index is 1.96. The molecule has 1 aromatic rings. The molecule has 5 nitrogen and oxygen atoms in total. The van der Waals surface area contributed by atoms with Crippen molar-refractivity contribution in [3.05, 3.63) is 39.9 Å². The van der Waals surface area contributed by atoms with Crippen molar-refractivity contribution in [3.8, 4) is 0 Å². The van der Waals surface area contributed by atoms with Crippen LogP contribution in [0.2, 0.25) is 0 Å². The zero-order chi connectivity index (χ0) is 13.8. The number of rotatable bonds is 4. The predicted molar refractivity (Wildman–Crippen MR) is 75.1 cm³/mol. The Morgan fingerprint density at radius 2 is 2.11 bits per heavy atom. The zero-order valence-electron chi connectivity index (χ0n) is 11.6. The van der Waals surface area contributed by atoms with Crippen LogP contribution < -0.4 is 0 Å². The van der Waals surface area contributed by atoms with Crippen LogP contribution in [0, 0.1) is 10.1 Å². The molecule has 1 aliphatic rings. The maximum absolute atomic E-state index is 10.8. The highest BCUT2D eigenvalue weighted by molar-refractivity contribution is 5.34. The van der Waals surface area contributed by atoms with E-state index < -0.39 is 0 Å². The third kappa shape index (κ3) is 3.75. The maximum Gasteiger partial charge on any atom is 0.269 e. The van der Waals surface area contributed by atoms with Gasteiger partial charge in [-0.1, -0.05) is 12.1 Å². The van der Waals surface area contributed by atoms with Gasteiger partial charge in [0.1, 0.15) is 0 Å². The van der Waals surface area contributed by atoms with E-state index in [2.05, 4.69) is 23.9 Å². The van der Waals surface area contributed by atoms with E-state index in [1.165, 1.54) is 12.8 Å². The summed E-state index contributed by atoms with van der Waals surface area (Å²) in [5, 5.41) is 10.8. The molecule has 0 bridgehead atoms. The minimum atomic E-state index is -0.334. The van der Waals surface area contributed by atoms with Crippen LogP contribution in [-0.4, -0.2) is 47.9 Å². The molecule has 0 aromatic heterocycles. The standard InChI is InChI=1S/C14H21N3O2/c1-15-8-6-13(7-9-15)16(2)11-12-4-3-5-14(10-12)17(18)19/h3-5,10,13H,6-9,11H2,1-2H3. The Morgan fingerprint density at radius 3 is 2.74 bits per heavy atom. The monoisotopic (exact) mass is 263 g/mol. The van der Waals surface area contributed by atoms with Gasteiger partial charge in [-0.2, -0.15) is 0 Å². The van der Waals surface area contributed by atoms with Crippen LogP contribution in [0.5, 0.6) is 0 Å². The quantitative estimate of drug-likeness (QED) is 0.617. The fraction of sp³-hybridized carbons (Fsp3) is 0.571. The third-order valence-electron chi connectivity index (χ3n) is 3.86. The lowest BCUT2D eigenvalue weighted by atomic mass is 10.0. The lowest BCUT2D eigenvalue weighted by Gasteiger charge is -2.35. The van der Waals surface area contributed by atoms with Crippen LogP contribution in [0.4, 0.5) is 5.69 Å². The average molecular weight is 263 g/mol. The number of nitrogens with zero attached hydrogens (tertiary/aromatic N) is 3. The fourth-order valence-corrected chi connectivity index (χ4v) is 2.62. The molecule has 1 aliphatic heterocycles. The van der Waals surface area contributed by atoms with Gasteiger partial charge in [-0.3, -0.25) is 15.0 Å². The van der Waals surface area contributed by atoms with E-state index in [1.54, 1.807) is 18.2 Å². The van der Waals surface area contributed by atoms with Crippen molar-refractivity contribution in [3.63, 3.8) is 0 Å². The first-order valence-electron chi connectivity index (χ1n) is 6.68. The minimum absolute atomic E-state index is 0.175. The summed E-state index contributed by atoms with van der Waals surface area (Å²) in [6.45, 7) is 3.03. The van der Waals surface area contributed by atoms with Crippen LogP contribution in [0.15, 0.2) is 24.3 Å². The van der Waals surface area contributed by atoms with Crippen LogP contribution in [0.25, 0.3) is 0 Å². The molecule has 0 unspecified atom stereocenters. The average Bonchev–Trinajstić information content (AvgIpc) is 2.39. The first kappa shape index (κ1) is 14.0. The molecule has 1 saturated heterocycles. The number of nitro groups is 1. The second kappa shape index (κ2) is 6.12. The number of benzene rings is 1. The molecule has 0 radical (unpaired) electrons. The molecule has 19 heavy (non-hydrogen) atoms. The highest BCUT2D eigenvalue weighted by atomic mass is 16.6. The van der Waals surface area contributed by atoms with Gasteiger partial charge in [-0.25, -0.2) is 0 Å². The van der Waals surface area contributed by atoms with Crippen LogP contribution >= 0.6 is 0 Å². The molecule has 1 aromatic carbocycles. The summed E-state index contributed by atoms with van der Waals surface area (Å²) in [6, 6.07) is 7.51. The topological polar surface area (TPSA) is 49.6 Å². The zero-order valence-corrected chi connectivity index (χ0v) is 11.6. The van der Waals surface area contributed by atoms with Gasteiger partial charge in [-0.05, 0) is 45.6 Å². The van der Waals surface area contributed by atoms with Gasteiger partial charge in [0.2, 0.25) is 0 Å². The molecule has 0 N–H and O–H groups in total. The van der Waals surface area contributed by atoms with Crippen molar-refractivity contribution in [2.45, 2.75) is 25.4 Å². The minimum Gasteiger partial charge on any atom is -0.306 e. The van der Waals surface area contributed by atoms with Gasteiger partial charge in [0.05, 0.1) is 4.92 Å². The third-order valence-corrected chi connectivity index (χ3v) is 3.86. The predicted octanol–water partition coefficient (Wildman–Crippen LogP) is 2.12. The summed E-state index contributed by atoms with van der Waals surface area (Å²) in [6.07, 6.45) is 2.34. The van der Waals surface area contributed by atoms with E-state index >= 15 is 0 Å². The van der Waals surface area contributed by atoms with Gasteiger partial charge in [-0.15, -0.1) is 0 Å². The molecule has 1 fully saturated rings. The number of likely N-dealkylation sites (tertiary alicyclic amines) is 1. The summed E-state index contributed by atoms with van der Waals surface area (Å²) < 4.78 is 0. The normalized spacial score (nSPS) is 17.8. The lowest BCUT2D eigenvalue weighted by Crippen LogP contribution is -2.41. The molecular weight excluding hydrogens is 242 g/mol. The van der Waals surface area contributed by atoms with E-state index in [-0.39, 0.29) is 10.6 Å². The number of piperidine rings is 1. The van der Waals surface area contributed by atoms with Gasteiger partial charge in [0.25, 0.3) is 5.69 Å². The largest absolute Gasteiger partial charge is 0.306 e. The smallest absolute Gasteiger partial charge is 0.269 e. The number of hydrogen-bond acceptors (Lipinski definition) is 4. The lowest BCUT2D eigenvalue weighted by molar-refractivity contribution is -0.384. The Labute approximate surface area is 114 Å². The van der Waals surface area contributed by atoms with Crippen molar-refractivity contribution in [1.29, 1.82) is 0 Å². The molecule has 0 spiro atoms. The van der Waals surface area contributed by atoms with E-state index in [9.17, 15) is 10.1 Å². The Morgan fingerprint density at radius 1 is 1.42 bits per heavy atom. The summed E-state index contributed by atoms with van der Waals surface area (Å²) >= 11 is 0. The van der Waals surface area contributed by atoms with Crippen LogP contribution in [-0.2, 0) is 6.54 Å². The van der Waals surface area contributed by atoms with Crippen molar-refractivity contribution < 1.29 is 4.92 Å². The molecule has 104 valence electrons. The van der Waals surface area contributed by atoms with E-state index in [0.717, 1.165) is 25.2 Å². The molecule has 1 heterocycles. The maximum atomic E-state index is 10.8. The first-order valence-corrected chi connectivity index (χ1v) is 6.68. The van der Waals surface area contributed by atoms with Crippen LogP contribution in [0.1, 0.15) is 18.4 Å². The Kier molecular flexibility index (Phi) is 4.50. The van der Waals surface area contributed by atoms with Gasteiger partial charge < -0.3 is 4.90 Å². The molecule has 2 rings (SSSR count). The fourth-order valence-electron chi connectivity index (χ4n) is 2.62. The van der Waals surface area contributed by atoms with Crippen molar-refractivity contribution in [2.75, 3.05) is 27.2 Å². The highest BCUT2D eigenvalue weighted by Gasteiger charge is 2.20. The molecule has 5 heteroatoms. The first-order chi connectivity index (χ1) is 9.06. The second-order valence-electron chi connectivity index (χ2n) is 5.38. The van der Waals surface area contributed by atoms with Crippen molar-refractivity contribution in [2.24, 2.45) is 0 Å². The Bertz CT molecular complexity index is 442. The van der Waals surface area contributed by atoms with Crippen LogP contribution in [0.3, 0.4) is 0 Å². The van der Waals surface area contributed by atoms with E-state index in [0.29, 0.717) is 6.04 Å². The highest BCUT2D eigenvalue weighted by Crippen LogP contribution is 2.19. The summed E-state index contributed by atoms with van der Waals surface area (Å²) in [7, 11) is 4.26.